The number of aromatic nitrogens is 1. The number of carbonyl (C=O) groups is 3. The SMILES string of the molecule is O=C(CN1C(=O)CCC1=O)N1CC[C@H](Oc2ccncc2Cl)C1. The van der Waals surface area contributed by atoms with Crippen molar-refractivity contribution in [2.75, 3.05) is 19.6 Å². The van der Waals surface area contributed by atoms with Crippen LogP contribution >= 0.6 is 11.6 Å². The van der Waals surface area contributed by atoms with E-state index < -0.39 is 0 Å². The molecule has 3 rings (SSSR count). The van der Waals surface area contributed by atoms with Gasteiger partial charge in [-0.3, -0.25) is 24.3 Å². The standard InChI is InChI=1S/C15H16ClN3O4/c16-11-7-17-5-3-12(11)23-10-4-6-18(8-10)15(22)9-19-13(20)1-2-14(19)21/h3,5,7,10H,1-2,4,6,8-9H2/t10-/m0/s1. The third kappa shape index (κ3) is 3.44. The Morgan fingerprint density at radius 2 is 2.09 bits per heavy atom. The van der Waals surface area contributed by atoms with Crippen LogP contribution in [0.25, 0.3) is 0 Å². The van der Waals surface area contributed by atoms with Gasteiger partial charge >= 0.3 is 0 Å². The van der Waals surface area contributed by atoms with Crippen LogP contribution in [0.5, 0.6) is 5.75 Å². The third-order valence-corrected chi connectivity index (χ3v) is 4.26. The van der Waals surface area contributed by atoms with Crippen molar-refractivity contribution < 1.29 is 19.1 Å². The fourth-order valence-corrected chi connectivity index (χ4v) is 2.89. The van der Waals surface area contributed by atoms with Gasteiger partial charge in [-0.25, -0.2) is 0 Å². The first-order chi connectivity index (χ1) is 11.0. The van der Waals surface area contributed by atoms with Crippen LogP contribution < -0.4 is 4.74 Å². The minimum Gasteiger partial charge on any atom is -0.487 e. The van der Waals surface area contributed by atoms with E-state index >= 15 is 0 Å². The lowest BCUT2D eigenvalue weighted by molar-refractivity contribution is -0.145. The molecule has 3 heterocycles. The zero-order valence-electron chi connectivity index (χ0n) is 12.4. The molecule has 1 aromatic rings. The Morgan fingerprint density at radius 1 is 1.35 bits per heavy atom. The van der Waals surface area contributed by atoms with E-state index in [1.54, 1.807) is 17.2 Å². The van der Waals surface area contributed by atoms with Crippen LogP contribution in [0.15, 0.2) is 18.5 Å². The van der Waals surface area contributed by atoms with E-state index in [0.29, 0.717) is 30.3 Å². The molecule has 2 aliphatic heterocycles. The van der Waals surface area contributed by atoms with Crippen molar-refractivity contribution >= 4 is 29.3 Å². The molecule has 0 aliphatic carbocycles. The van der Waals surface area contributed by atoms with Crippen molar-refractivity contribution in [1.29, 1.82) is 0 Å². The smallest absolute Gasteiger partial charge is 0.242 e. The Labute approximate surface area is 138 Å². The number of nitrogens with zero attached hydrogens (tertiary/aromatic N) is 3. The fraction of sp³-hybridized carbons (Fsp3) is 0.467. The number of likely N-dealkylation sites (tertiary alicyclic amines) is 2. The van der Waals surface area contributed by atoms with E-state index in [2.05, 4.69) is 4.98 Å². The summed E-state index contributed by atoms with van der Waals surface area (Å²) < 4.78 is 5.79. The maximum absolute atomic E-state index is 12.2. The highest BCUT2D eigenvalue weighted by Gasteiger charge is 2.34. The molecule has 8 heteroatoms. The number of amides is 3. The minimum absolute atomic E-state index is 0.163. The quantitative estimate of drug-likeness (QED) is 0.761. The zero-order chi connectivity index (χ0) is 16.4. The second-order valence-electron chi connectivity index (χ2n) is 5.55. The summed E-state index contributed by atoms with van der Waals surface area (Å²) in [7, 11) is 0. The van der Waals surface area contributed by atoms with Crippen LogP contribution in [0.4, 0.5) is 0 Å². The van der Waals surface area contributed by atoms with Crippen molar-refractivity contribution in [3.63, 3.8) is 0 Å². The highest BCUT2D eigenvalue weighted by molar-refractivity contribution is 6.31. The van der Waals surface area contributed by atoms with Crippen molar-refractivity contribution in [3.05, 3.63) is 23.5 Å². The summed E-state index contributed by atoms with van der Waals surface area (Å²) in [6.45, 7) is 0.760. The van der Waals surface area contributed by atoms with Gasteiger partial charge in [0, 0.05) is 44.3 Å². The largest absolute Gasteiger partial charge is 0.487 e. The van der Waals surface area contributed by atoms with E-state index in [9.17, 15) is 14.4 Å². The molecule has 0 radical (unpaired) electrons. The van der Waals surface area contributed by atoms with Gasteiger partial charge in [0.05, 0.1) is 6.54 Å². The second-order valence-corrected chi connectivity index (χ2v) is 5.96. The van der Waals surface area contributed by atoms with Gasteiger partial charge in [0.15, 0.2) is 0 Å². The summed E-state index contributed by atoms with van der Waals surface area (Å²) in [6, 6.07) is 1.67. The third-order valence-electron chi connectivity index (χ3n) is 3.97. The average Bonchev–Trinajstić information content (AvgIpc) is 3.11. The first-order valence-corrected chi connectivity index (χ1v) is 7.79. The van der Waals surface area contributed by atoms with E-state index in [4.69, 9.17) is 16.3 Å². The Hall–Kier alpha value is -2.15. The van der Waals surface area contributed by atoms with Crippen LogP contribution in [0.3, 0.4) is 0 Å². The van der Waals surface area contributed by atoms with E-state index in [1.165, 1.54) is 6.20 Å². The van der Waals surface area contributed by atoms with Gasteiger partial charge in [0.25, 0.3) is 0 Å². The molecule has 0 saturated carbocycles. The van der Waals surface area contributed by atoms with Crippen molar-refractivity contribution in [1.82, 2.24) is 14.8 Å². The van der Waals surface area contributed by atoms with Gasteiger partial charge in [-0.15, -0.1) is 0 Å². The predicted molar refractivity (Wildman–Crippen MR) is 80.8 cm³/mol. The molecule has 0 spiro atoms. The molecule has 7 nitrogen and oxygen atoms in total. The summed E-state index contributed by atoms with van der Waals surface area (Å²) >= 11 is 6.00. The second kappa shape index (κ2) is 6.54. The molecule has 23 heavy (non-hydrogen) atoms. The Bertz CT molecular complexity index is 635. The lowest BCUT2D eigenvalue weighted by atomic mass is 10.3. The number of halogens is 1. The topological polar surface area (TPSA) is 79.8 Å². The van der Waals surface area contributed by atoms with Gasteiger partial charge < -0.3 is 9.64 Å². The molecule has 0 unspecified atom stereocenters. The van der Waals surface area contributed by atoms with E-state index in [0.717, 1.165) is 4.90 Å². The van der Waals surface area contributed by atoms with Gasteiger partial charge in [-0.2, -0.15) is 0 Å². The van der Waals surface area contributed by atoms with Crippen LogP contribution in [0, 0.1) is 0 Å². The highest BCUT2D eigenvalue weighted by atomic mass is 35.5. The van der Waals surface area contributed by atoms with Gasteiger partial charge in [0.1, 0.15) is 23.4 Å². The highest BCUT2D eigenvalue weighted by Crippen LogP contribution is 2.25. The molecule has 1 aromatic heterocycles. The van der Waals surface area contributed by atoms with Crippen LogP contribution in [0.2, 0.25) is 5.02 Å². The maximum atomic E-state index is 12.2. The summed E-state index contributed by atoms with van der Waals surface area (Å²) in [4.78, 5) is 41.9. The molecule has 2 aliphatic rings. The Balaban J connectivity index is 1.55. The number of carbonyl (C=O) groups excluding carboxylic acids is 3. The summed E-state index contributed by atoms with van der Waals surface area (Å²) in [5.41, 5.74) is 0. The first kappa shape index (κ1) is 15.7. The number of pyridine rings is 1. The van der Waals surface area contributed by atoms with Crippen molar-refractivity contribution in [2.45, 2.75) is 25.4 Å². The molecule has 0 aromatic carbocycles. The molecule has 0 bridgehead atoms. The monoisotopic (exact) mass is 337 g/mol. The molecular weight excluding hydrogens is 322 g/mol. The molecule has 0 N–H and O–H groups in total. The first-order valence-electron chi connectivity index (χ1n) is 7.41. The van der Waals surface area contributed by atoms with E-state index in [1.807, 2.05) is 0 Å². The number of imide groups is 1. The molecule has 2 saturated heterocycles. The number of ether oxygens (including phenoxy) is 1. The number of rotatable bonds is 4. The van der Waals surface area contributed by atoms with Crippen molar-refractivity contribution in [2.24, 2.45) is 0 Å². The lowest BCUT2D eigenvalue weighted by Gasteiger charge is -2.20. The zero-order valence-corrected chi connectivity index (χ0v) is 13.2. The normalized spacial score (nSPS) is 21.2. The van der Waals surface area contributed by atoms with E-state index in [-0.39, 0.29) is 43.2 Å². The Morgan fingerprint density at radius 3 is 2.78 bits per heavy atom. The summed E-state index contributed by atoms with van der Waals surface area (Å²) in [5, 5.41) is 0.422. The summed E-state index contributed by atoms with van der Waals surface area (Å²) in [5.74, 6) is -0.260. The molecule has 1 atom stereocenters. The molecule has 122 valence electrons. The number of hydrogen-bond acceptors (Lipinski definition) is 5. The maximum Gasteiger partial charge on any atom is 0.242 e. The Kier molecular flexibility index (Phi) is 4.47. The van der Waals surface area contributed by atoms with Crippen LogP contribution in [-0.2, 0) is 14.4 Å². The van der Waals surface area contributed by atoms with Gasteiger partial charge in [-0.1, -0.05) is 11.6 Å². The summed E-state index contributed by atoms with van der Waals surface area (Å²) in [6.07, 6.45) is 3.98. The van der Waals surface area contributed by atoms with Gasteiger partial charge in [-0.05, 0) is 0 Å². The molecular formula is C15H16ClN3O4. The van der Waals surface area contributed by atoms with Gasteiger partial charge in [0.2, 0.25) is 17.7 Å². The predicted octanol–water partition coefficient (Wildman–Crippen LogP) is 0.864. The number of hydrogen-bond donors (Lipinski definition) is 0. The van der Waals surface area contributed by atoms with Crippen molar-refractivity contribution in [3.8, 4) is 5.75 Å². The average molecular weight is 338 g/mol. The minimum atomic E-state index is -0.279. The molecule has 3 amide bonds. The lowest BCUT2D eigenvalue weighted by Crippen LogP contribution is -2.42. The fourth-order valence-electron chi connectivity index (χ4n) is 2.72. The van der Waals surface area contributed by atoms with Crippen LogP contribution in [0.1, 0.15) is 19.3 Å². The van der Waals surface area contributed by atoms with Crippen LogP contribution in [-0.4, -0.2) is 58.2 Å². The molecule has 2 fully saturated rings.